The van der Waals surface area contributed by atoms with Crippen LogP contribution in [0, 0.1) is 0 Å². The van der Waals surface area contributed by atoms with E-state index >= 15 is 0 Å². The highest BCUT2D eigenvalue weighted by molar-refractivity contribution is 5.70. The quantitative estimate of drug-likeness (QED) is 0.615. The van der Waals surface area contributed by atoms with Gasteiger partial charge in [0.2, 0.25) is 0 Å². The molecule has 0 spiro atoms. The SMILES string of the molecule is Nc1cc(-c2ccccn2)cc2nc(-c3ccccc3)nn12. The zero-order chi connectivity index (χ0) is 14.9. The summed E-state index contributed by atoms with van der Waals surface area (Å²) in [6.45, 7) is 0. The van der Waals surface area contributed by atoms with Crippen molar-refractivity contribution in [1.29, 1.82) is 0 Å². The summed E-state index contributed by atoms with van der Waals surface area (Å²) in [7, 11) is 0. The highest BCUT2D eigenvalue weighted by Gasteiger charge is 2.10. The second-order valence-electron chi connectivity index (χ2n) is 4.96. The van der Waals surface area contributed by atoms with E-state index < -0.39 is 0 Å². The molecule has 4 rings (SSSR count). The highest BCUT2D eigenvalue weighted by Crippen LogP contribution is 2.23. The Labute approximate surface area is 127 Å². The average molecular weight is 287 g/mol. The summed E-state index contributed by atoms with van der Waals surface area (Å²) in [6, 6.07) is 19.4. The second kappa shape index (κ2) is 4.96. The first-order valence-corrected chi connectivity index (χ1v) is 6.94. The third-order valence-electron chi connectivity index (χ3n) is 3.46. The van der Waals surface area contributed by atoms with Crippen LogP contribution in [0.2, 0.25) is 0 Å². The standard InChI is InChI=1S/C17H13N5/c18-15-10-13(14-8-4-5-9-19-14)11-16-20-17(21-22(15)16)12-6-2-1-3-7-12/h1-11H,18H2. The molecule has 3 heterocycles. The number of nitrogens with two attached hydrogens (primary N) is 1. The van der Waals surface area contributed by atoms with Crippen LogP contribution < -0.4 is 5.73 Å². The smallest absolute Gasteiger partial charge is 0.182 e. The Morgan fingerprint density at radius 1 is 0.864 bits per heavy atom. The van der Waals surface area contributed by atoms with Gasteiger partial charge in [0.05, 0.1) is 5.69 Å². The summed E-state index contributed by atoms with van der Waals surface area (Å²) in [4.78, 5) is 8.92. The molecule has 5 heteroatoms. The Morgan fingerprint density at radius 2 is 1.68 bits per heavy atom. The van der Waals surface area contributed by atoms with Crippen molar-refractivity contribution in [3.63, 3.8) is 0 Å². The normalized spacial score (nSPS) is 10.9. The summed E-state index contributed by atoms with van der Waals surface area (Å²) in [5, 5.41) is 4.48. The predicted octanol–water partition coefficient (Wildman–Crippen LogP) is 3.04. The number of fused-ring (bicyclic) bond motifs is 1. The molecule has 0 amide bonds. The molecule has 0 bridgehead atoms. The van der Waals surface area contributed by atoms with E-state index in [2.05, 4.69) is 15.1 Å². The Balaban J connectivity index is 1.88. The van der Waals surface area contributed by atoms with Gasteiger partial charge in [0.25, 0.3) is 0 Å². The Hall–Kier alpha value is -3.21. The molecule has 22 heavy (non-hydrogen) atoms. The van der Waals surface area contributed by atoms with Gasteiger partial charge in [0.15, 0.2) is 11.5 Å². The fourth-order valence-corrected chi connectivity index (χ4v) is 2.40. The monoisotopic (exact) mass is 287 g/mol. The molecule has 1 aromatic carbocycles. The van der Waals surface area contributed by atoms with Crippen molar-refractivity contribution >= 4 is 11.5 Å². The molecule has 106 valence electrons. The molecule has 0 atom stereocenters. The summed E-state index contributed by atoms with van der Waals surface area (Å²) in [5.41, 5.74) is 9.58. The van der Waals surface area contributed by atoms with Gasteiger partial charge in [-0.15, -0.1) is 5.10 Å². The van der Waals surface area contributed by atoms with Gasteiger partial charge in [-0.05, 0) is 24.3 Å². The lowest BCUT2D eigenvalue weighted by Gasteiger charge is -2.03. The van der Waals surface area contributed by atoms with Crippen molar-refractivity contribution < 1.29 is 0 Å². The van der Waals surface area contributed by atoms with E-state index in [9.17, 15) is 0 Å². The number of hydrogen-bond donors (Lipinski definition) is 1. The fraction of sp³-hybridized carbons (Fsp3) is 0. The summed E-state index contributed by atoms with van der Waals surface area (Å²) in [5.74, 6) is 1.19. The molecular formula is C17H13N5. The van der Waals surface area contributed by atoms with Crippen molar-refractivity contribution in [3.8, 4) is 22.6 Å². The van der Waals surface area contributed by atoms with Crippen molar-refractivity contribution in [3.05, 3.63) is 66.9 Å². The van der Waals surface area contributed by atoms with Gasteiger partial charge in [-0.1, -0.05) is 36.4 Å². The fourth-order valence-electron chi connectivity index (χ4n) is 2.40. The number of rotatable bonds is 2. The molecule has 0 unspecified atom stereocenters. The van der Waals surface area contributed by atoms with Crippen molar-refractivity contribution in [2.45, 2.75) is 0 Å². The summed E-state index contributed by atoms with van der Waals surface area (Å²) >= 11 is 0. The van der Waals surface area contributed by atoms with Crippen LogP contribution in [-0.2, 0) is 0 Å². The minimum absolute atomic E-state index is 0.535. The molecule has 0 saturated carbocycles. The molecule has 0 fully saturated rings. The molecule has 4 aromatic rings. The Kier molecular flexibility index (Phi) is 2.83. The van der Waals surface area contributed by atoms with Crippen LogP contribution in [0.5, 0.6) is 0 Å². The maximum absolute atomic E-state index is 6.12. The van der Waals surface area contributed by atoms with E-state index in [1.54, 1.807) is 10.7 Å². The number of aromatic nitrogens is 4. The maximum atomic E-state index is 6.12. The Bertz CT molecular complexity index is 929. The molecule has 0 aliphatic rings. The van der Waals surface area contributed by atoms with E-state index in [0.717, 1.165) is 16.8 Å². The van der Waals surface area contributed by atoms with Gasteiger partial charge in [0.1, 0.15) is 5.82 Å². The lowest BCUT2D eigenvalue weighted by atomic mass is 10.1. The number of benzene rings is 1. The molecule has 0 aliphatic carbocycles. The molecule has 0 aliphatic heterocycles. The van der Waals surface area contributed by atoms with E-state index in [1.165, 1.54) is 0 Å². The molecule has 5 nitrogen and oxygen atoms in total. The topological polar surface area (TPSA) is 69.1 Å². The molecule has 3 aromatic heterocycles. The summed E-state index contributed by atoms with van der Waals surface area (Å²) in [6.07, 6.45) is 1.76. The number of nitrogens with zero attached hydrogens (tertiary/aromatic N) is 4. The number of hydrogen-bond acceptors (Lipinski definition) is 4. The van der Waals surface area contributed by atoms with E-state index in [-0.39, 0.29) is 0 Å². The molecule has 2 N–H and O–H groups in total. The van der Waals surface area contributed by atoms with E-state index in [0.29, 0.717) is 17.3 Å². The van der Waals surface area contributed by atoms with Crippen LogP contribution >= 0.6 is 0 Å². The zero-order valence-electron chi connectivity index (χ0n) is 11.7. The third kappa shape index (κ3) is 2.09. The van der Waals surface area contributed by atoms with E-state index in [1.807, 2.05) is 60.7 Å². The van der Waals surface area contributed by atoms with Crippen LogP contribution in [0.4, 0.5) is 5.82 Å². The van der Waals surface area contributed by atoms with Crippen molar-refractivity contribution in [2.75, 3.05) is 5.73 Å². The number of nitrogen functional groups attached to an aromatic ring is 1. The van der Waals surface area contributed by atoms with Crippen LogP contribution in [0.15, 0.2) is 66.9 Å². The van der Waals surface area contributed by atoms with Gasteiger partial charge in [-0.2, -0.15) is 4.52 Å². The highest BCUT2D eigenvalue weighted by atomic mass is 15.3. The van der Waals surface area contributed by atoms with Gasteiger partial charge >= 0.3 is 0 Å². The Morgan fingerprint density at radius 3 is 2.45 bits per heavy atom. The van der Waals surface area contributed by atoms with Crippen molar-refractivity contribution in [2.24, 2.45) is 0 Å². The van der Waals surface area contributed by atoms with Crippen LogP contribution in [0.3, 0.4) is 0 Å². The molecular weight excluding hydrogens is 274 g/mol. The average Bonchev–Trinajstić information content (AvgIpc) is 3.01. The van der Waals surface area contributed by atoms with Gasteiger partial charge in [0, 0.05) is 17.3 Å². The minimum atomic E-state index is 0.535. The third-order valence-corrected chi connectivity index (χ3v) is 3.46. The van der Waals surface area contributed by atoms with Gasteiger partial charge in [-0.25, -0.2) is 4.98 Å². The lowest BCUT2D eigenvalue weighted by molar-refractivity contribution is 0.978. The van der Waals surface area contributed by atoms with Gasteiger partial charge in [-0.3, -0.25) is 4.98 Å². The number of anilines is 1. The van der Waals surface area contributed by atoms with Crippen LogP contribution in [0.1, 0.15) is 0 Å². The van der Waals surface area contributed by atoms with Crippen LogP contribution in [-0.4, -0.2) is 19.6 Å². The molecule has 0 saturated heterocycles. The predicted molar refractivity (Wildman–Crippen MR) is 86.1 cm³/mol. The summed E-state index contributed by atoms with van der Waals surface area (Å²) < 4.78 is 1.65. The van der Waals surface area contributed by atoms with Gasteiger partial charge < -0.3 is 5.73 Å². The van der Waals surface area contributed by atoms with Crippen LogP contribution in [0.25, 0.3) is 28.3 Å². The first kappa shape index (κ1) is 12.5. The molecule has 0 radical (unpaired) electrons. The minimum Gasteiger partial charge on any atom is -0.384 e. The second-order valence-corrected chi connectivity index (χ2v) is 4.96. The maximum Gasteiger partial charge on any atom is 0.182 e. The van der Waals surface area contributed by atoms with Crippen molar-refractivity contribution in [1.82, 2.24) is 19.6 Å². The lowest BCUT2D eigenvalue weighted by Crippen LogP contribution is -1.99. The largest absolute Gasteiger partial charge is 0.384 e. The first-order chi connectivity index (χ1) is 10.8. The number of pyridine rings is 2. The van der Waals surface area contributed by atoms with E-state index in [4.69, 9.17) is 5.73 Å². The first-order valence-electron chi connectivity index (χ1n) is 6.94. The zero-order valence-corrected chi connectivity index (χ0v) is 11.7.